The van der Waals surface area contributed by atoms with Crippen LogP contribution < -0.4 is 10.1 Å². The first kappa shape index (κ1) is 20.7. The van der Waals surface area contributed by atoms with E-state index >= 15 is 0 Å². The van der Waals surface area contributed by atoms with Crippen molar-refractivity contribution in [2.45, 2.75) is 31.6 Å². The number of hydrogen-bond donors (Lipinski definition) is 1. The molecule has 0 amide bonds. The molecule has 0 atom stereocenters. The zero-order valence-electron chi connectivity index (χ0n) is 15.9. The van der Waals surface area contributed by atoms with Crippen molar-refractivity contribution in [3.63, 3.8) is 0 Å². The van der Waals surface area contributed by atoms with E-state index in [9.17, 15) is 17.6 Å². The molecule has 0 unspecified atom stereocenters. The van der Waals surface area contributed by atoms with Gasteiger partial charge >= 0.3 is 6.18 Å². The van der Waals surface area contributed by atoms with Crippen LogP contribution in [0.2, 0.25) is 5.02 Å². The molecular formula is C21H18ClF4N3O. The Balaban J connectivity index is 1.67. The first-order valence-electron chi connectivity index (χ1n) is 9.28. The van der Waals surface area contributed by atoms with Crippen LogP contribution in [0.3, 0.4) is 0 Å². The summed E-state index contributed by atoms with van der Waals surface area (Å²) in [5.41, 5.74) is 1.08. The molecule has 1 aliphatic rings. The van der Waals surface area contributed by atoms with Gasteiger partial charge in [0.1, 0.15) is 11.4 Å². The van der Waals surface area contributed by atoms with E-state index in [1.807, 2.05) is 12.1 Å². The van der Waals surface area contributed by atoms with Gasteiger partial charge in [-0.3, -0.25) is 0 Å². The number of nitrogens with zero attached hydrogens (tertiary/aromatic N) is 2. The van der Waals surface area contributed by atoms with Crippen LogP contribution in [-0.4, -0.2) is 22.9 Å². The molecule has 0 radical (unpaired) electrons. The lowest BCUT2D eigenvalue weighted by Crippen LogP contribution is -2.15. The molecule has 0 spiro atoms. The molecule has 30 heavy (non-hydrogen) atoms. The van der Waals surface area contributed by atoms with Gasteiger partial charge in [0.2, 0.25) is 0 Å². The number of hydrogen-bond acceptors (Lipinski definition) is 3. The quantitative estimate of drug-likeness (QED) is 0.507. The summed E-state index contributed by atoms with van der Waals surface area (Å²) in [6, 6.07) is 7.22. The lowest BCUT2D eigenvalue weighted by molar-refractivity contribution is -0.137. The topological polar surface area (TPSA) is 39.1 Å². The molecule has 1 heterocycles. The Morgan fingerprint density at radius 3 is 2.63 bits per heavy atom. The minimum atomic E-state index is -4.68. The van der Waals surface area contributed by atoms with Crippen LogP contribution in [0.15, 0.2) is 42.7 Å². The monoisotopic (exact) mass is 439 g/mol. The van der Waals surface area contributed by atoms with Gasteiger partial charge < -0.3 is 10.1 Å². The summed E-state index contributed by atoms with van der Waals surface area (Å²) in [5.74, 6) is -1.34. The number of alkyl halides is 3. The molecule has 0 bridgehead atoms. The Morgan fingerprint density at radius 2 is 1.97 bits per heavy atom. The standard InChI is InChI=1S/C21H18ClF4N3O/c1-30-19-8-15(21(24,25)26)7-18(23)20(19)29-11-14(10-28-29)12-2-5-17(22)13(6-12)9-27-16-3-4-16/h2,5-8,10-11,16,27H,3-4,9H2,1H3. The van der Waals surface area contributed by atoms with Crippen molar-refractivity contribution in [1.29, 1.82) is 0 Å². The zero-order chi connectivity index (χ0) is 21.5. The highest BCUT2D eigenvalue weighted by atomic mass is 35.5. The van der Waals surface area contributed by atoms with Crippen molar-refractivity contribution in [1.82, 2.24) is 15.1 Å². The van der Waals surface area contributed by atoms with E-state index in [1.54, 1.807) is 6.07 Å². The Hall–Kier alpha value is -2.58. The van der Waals surface area contributed by atoms with Crippen LogP contribution in [-0.2, 0) is 12.7 Å². The molecule has 1 aromatic heterocycles. The van der Waals surface area contributed by atoms with Gasteiger partial charge in [-0.15, -0.1) is 0 Å². The highest BCUT2D eigenvalue weighted by molar-refractivity contribution is 6.31. The summed E-state index contributed by atoms with van der Waals surface area (Å²) in [6.45, 7) is 0.632. The van der Waals surface area contributed by atoms with Gasteiger partial charge in [-0.2, -0.15) is 18.3 Å². The average molecular weight is 440 g/mol. The van der Waals surface area contributed by atoms with Crippen LogP contribution in [0.25, 0.3) is 16.8 Å². The highest BCUT2D eigenvalue weighted by Gasteiger charge is 2.33. The molecule has 0 aliphatic heterocycles. The van der Waals surface area contributed by atoms with Crippen molar-refractivity contribution in [2.75, 3.05) is 7.11 Å². The second kappa shape index (κ2) is 7.92. The van der Waals surface area contributed by atoms with Crippen LogP contribution in [0.4, 0.5) is 17.6 Å². The molecule has 158 valence electrons. The fourth-order valence-corrected chi connectivity index (χ4v) is 3.33. The Bertz CT molecular complexity index is 1080. The molecule has 9 heteroatoms. The third kappa shape index (κ3) is 4.29. The van der Waals surface area contributed by atoms with Gasteiger partial charge in [-0.05, 0) is 48.2 Å². The van der Waals surface area contributed by atoms with Gasteiger partial charge in [0, 0.05) is 29.4 Å². The summed E-state index contributed by atoms with van der Waals surface area (Å²) in [6.07, 6.45) is 0.679. The Morgan fingerprint density at radius 1 is 1.20 bits per heavy atom. The molecular weight excluding hydrogens is 422 g/mol. The number of ether oxygens (including phenoxy) is 1. The number of benzene rings is 2. The molecule has 1 saturated carbocycles. The van der Waals surface area contributed by atoms with Crippen LogP contribution in [0.5, 0.6) is 5.75 Å². The second-order valence-electron chi connectivity index (χ2n) is 7.14. The number of aromatic nitrogens is 2. The molecule has 4 rings (SSSR count). The largest absolute Gasteiger partial charge is 0.494 e. The van der Waals surface area contributed by atoms with Crippen molar-refractivity contribution < 1.29 is 22.3 Å². The number of rotatable bonds is 6. The zero-order valence-corrected chi connectivity index (χ0v) is 16.7. The smallest absolute Gasteiger partial charge is 0.416 e. The van der Waals surface area contributed by atoms with Gasteiger partial charge in [0.05, 0.1) is 18.9 Å². The molecule has 1 aliphatic carbocycles. The molecule has 3 aromatic rings. The third-order valence-corrected chi connectivity index (χ3v) is 5.29. The summed E-state index contributed by atoms with van der Waals surface area (Å²) < 4.78 is 59.6. The predicted octanol–water partition coefficient (Wildman–Crippen LogP) is 5.61. The van der Waals surface area contributed by atoms with E-state index in [0.717, 1.165) is 30.0 Å². The van der Waals surface area contributed by atoms with Crippen molar-refractivity contribution in [2.24, 2.45) is 0 Å². The maximum absolute atomic E-state index is 14.6. The minimum Gasteiger partial charge on any atom is -0.494 e. The van der Waals surface area contributed by atoms with E-state index in [-0.39, 0.29) is 11.4 Å². The van der Waals surface area contributed by atoms with Crippen LogP contribution in [0, 0.1) is 5.82 Å². The number of methoxy groups -OCH3 is 1. The van der Waals surface area contributed by atoms with Crippen molar-refractivity contribution in [3.05, 3.63) is 64.7 Å². The van der Waals surface area contributed by atoms with E-state index < -0.39 is 17.6 Å². The van der Waals surface area contributed by atoms with Gasteiger partial charge in [0.15, 0.2) is 5.82 Å². The number of halogens is 5. The highest BCUT2D eigenvalue weighted by Crippen LogP contribution is 2.36. The maximum atomic E-state index is 14.6. The lowest BCUT2D eigenvalue weighted by Gasteiger charge is -2.13. The number of nitrogens with one attached hydrogen (secondary N) is 1. The molecule has 2 aromatic carbocycles. The first-order chi connectivity index (χ1) is 14.3. The summed E-state index contributed by atoms with van der Waals surface area (Å²) >= 11 is 6.28. The van der Waals surface area contributed by atoms with Gasteiger partial charge in [-0.1, -0.05) is 17.7 Å². The first-order valence-corrected chi connectivity index (χ1v) is 9.66. The summed E-state index contributed by atoms with van der Waals surface area (Å²) in [7, 11) is 1.18. The molecule has 0 saturated heterocycles. The minimum absolute atomic E-state index is 0.193. The maximum Gasteiger partial charge on any atom is 0.416 e. The van der Waals surface area contributed by atoms with E-state index in [0.29, 0.717) is 29.2 Å². The Kier molecular flexibility index (Phi) is 5.46. The predicted molar refractivity (Wildman–Crippen MR) is 105 cm³/mol. The third-order valence-electron chi connectivity index (χ3n) is 4.92. The molecule has 1 fully saturated rings. The fourth-order valence-electron chi connectivity index (χ4n) is 3.14. The normalized spacial score (nSPS) is 14.2. The second-order valence-corrected chi connectivity index (χ2v) is 7.55. The van der Waals surface area contributed by atoms with Crippen LogP contribution in [0.1, 0.15) is 24.0 Å². The SMILES string of the molecule is COc1cc(C(F)(F)F)cc(F)c1-n1cc(-c2ccc(Cl)c(CNC3CC3)c2)cn1. The van der Waals surface area contributed by atoms with Crippen molar-refractivity contribution >= 4 is 11.6 Å². The van der Waals surface area contributed by atoms with E-state index in [1.165, 1.54) is 24.2 Å². The molecule has 1 N–H and O–H groups in total. The van der Waals surface area contributed by atoms with Gasteiger partial charge in [0.25, 0.3) is 0 Å². The average Bonchev–Trinajstić information content (AvgIpc) is 3.41. The summed E-state index contributed by atoms with van der Waals surface area (Å²) in [5, 5.41) is 8.16. The summed E-state index contributed by atoms with van der Waals surface area (Å²) in [4.78, 5) is 0. The Labute approximate surface area is 175 Å². The van der Waals surface area contributed by atoms with Crippen molar-refractivity contribution in [3.8, 4) is 22.6 Å². The van der Waals surface area contributed by atoms with Crippen LogP contribution >= 0.6 is 11.6 Å². The fraction of sp³-hybridized carbons (Fsp3) is 0.286. The van der Waals surface area contributed by atoms with E-state index in [4.69, 9.17) is 16.3 Å². The van der Waals surface area contributed by atoms with E-state index in [2.05, 4.69) is 10.4 Å². The molecule has 4 nitrogen and oxygen atoms in total. The lowest BCUT2D eigenvalue weighted by atomic mass is 10.1. The van der Waals surface area contributed by atoms with Gasteiger partial charge in [-0.25, -0.2) is 9.07 Å².